The number of rotatable bonds is 6. The van der Waals surface area contributed by atoms with Gasteiger partial charge in [0.15, 0.2) is 5.15 Å². The topological polar surface area (TPSA) is 84.3 Å². The van der Waals surface area contributed by atoms with E-state index in [0.29, 0.717) is 18.8 Å². The number of halogens is 1. The molecule has 7 heteroatoms. The zero-order valence-corrected chi connectivity index (χ0v) is 9.44. The summed E-state index contributed by atoms with van der Waals surface area (Å²) in [4.78, 5) is 10.9. The maximum atomic E-state index is 10.9. The molecule has 16 heavy (non-hydrogen) atoms. The molecule has 0 aliphatic rings. The number of hydrogen-bond acceptors (Lipinski definition) is 5. The van der Waals surface area contributed by atoms with Crippen LogP contribution >= 0.6 is 11.6 Å². The standard InChI is InChI=1S/C9H12ClN3O3/c1-16-5-4-6(9(14)15)11-8-3-2-7(10)12-13-8/h2-3,6H,4-5H2,1H3,(H,11,13)(H,14,15). The number of aromatic nitrogens is 2. The highest BCUT2D eigenvalue weighted by Crippen LogP contribution is 2.08. The van der Waals surface area contributed by atoms with E-state index >= 15 is 0 Å². The third-order valence-corrected chi connectivity index (χ3v) is 2.06. The predicted molar refractivity (Wildman–Crippen MR) is 58.6 cm³/mol. The average molecular weight is 246 g/mol. The predicted octanol–water partition coefficient (Wildman–Crippen LogP) is 1.03. The monoisotopic (exact) mass is 245 g/mol. The minimum absolute atomic E-state index is 0.259. The van der Waals surface area contributed by atoms with Crippen LogP contribution in [0.5, 0.6) is 0 Å². The van der Waals surface area contributed by atoms with E-state index in [1.165, 1.54) is 13.2 Å². The first-order valence-electron chi connectivity index (χ1n) is 4.61. The molecule has 0 saturated heterocycles. The van der Waals surface area contributed by atoms with Gasteiger partial charge in [-0.1, -0.05) is 11.6 Å². The third-order valence-electron chi connectivity index (χ3n) is 1.86. The van der Waals surface area contributed by atoms with Gasteiger partial charge >= 0.3 is 5.97 Å². The number of nitrogens with one attached hydrogen (secondary N) is 1. The average Bonchev–Trinajstić information content (AvgIpc) is 2.26. The Bertz CT molecular complexity index is 344. The molecule has 0 saturated carbocycles. The van der Waals surface area contributed by atoms with Crippen molar-refractivity contribution in [2.75, 3.05) is 19.0 Å². The summed E-state index contributed by atoms with van der Waals surface area (Å²) in [6, 6.07) is 2.35. The molecule has 1 aromatic heterocycles. The van der Waals surface area contributed by atoms with Crippen molar-refractivity contribution in [3.63, 3.8) is 0 Å². The first-order chi connectivity index (χ1) is 7.63. The Kier molecular flexibility index (Phi) is 4.94. The Morgan fingerprint density at radius 2 is 2.38 bits per heavy atom. The molecule has 1 aromatic rings. The van der Waals surface area contributed by atoms with Crippen molar-refractivity contribution in [1.29, 1.82) is 0 Å². The Labute approximate surface area is 97.6 Å². The van der Waals surface area contributed by atoms with Crippen LogP contribution in [0.3, 0.4) is 0 Å². The Morgan fingerprint density at radius 1 is 1.62 bits per heavy atom. The van der Waals surface area contributed by atoms with Crippen LogP contribution in [-0.2, 0) is 9.53 Å². The van der Waals surface area contributed by atoms with Gasteiger partial charge < -0.3 is 15.2 Å². The quantitative estimate of drug-likeness (QED) is 0.779. The van der Waals surface area contributed by atoms with Crippen LogP contribution in [0.4, 0.5) is 5.82 Å². The second-order valence-electron chi connectivity index (χ2n) is 3.06. The molecule has 0 amide bonds. The number of carbonyl (C=O) groups is 1. The molecule has 1 heterocycles. The summed E-state index contributed by atoms with van der Waals surface area (Å²) in [6.45, 7) is 0.352. The smallest absolute Gasteiger partial charge is 0.326 e. The molecule has 1 unspecified atom stereocenters. The third kappa shape index (κ3) is 4.00. The highest BCUT2D eigenvalue weighted by Gasteiger charge is 2.17. The van der Waals surface area contributed by atoms with Gasteiger partial charge in [0.05, 0.1) is 0 Å². The van der Waals surface area contributed by atoms with E-state index in [2.05, 4.69) is 15.5 Å². The fourth-order valence-electron chi connectivity index (χ4n) is 1.06. The van der Waals surface area contributed by atoms with Gasteiger partial charge in [0.1, 0.15) is 11.9 Å². The van der Waals surface area contributed by atoms with E-state index in [-0.39, 0.29) is 5.15 Å². The fourth-order valence-corrected chi connectivity index (χ4v) is 1.17. The van der Waals surface area contributed by atoms with Crippen molar-refractivity contribution in [3.8, 4) is 0 Å². The molecule has 2 N–H and O–H groups in total. The van der Waals surface area contributed by atoms with Crippen molar-refractivity contribution in [3.05, 3.63) is 17.3 Å². The number of methoxy groups -OCH3 is 1. The molecule has 0 aliphatic heterocycles. The van der Waals surface area contributed by atoms with E-state index in [0.717, 1.165) is 0 Å². The molecule has 0 fully saturated rings. The van der Waals surface area contributed by atoms with Crippen LogP contribution in [0.2, 0.25) is 5.15 Å². The van der Waals surface area contributed by atoms with Crippen LogP contribution in [0.1, 0.15) is 6.42 Å². The molecular formula is C9H12ClN3O3. The molecule has 1 rings (SSSR count). The molecule has 0 spiro atoms. The first-order valence-corrected chi connectivity index (χ1v) is 4.99. The molecule has 0 radical (unpaired) electrons. The Morgan fingerprint density at radius 3 is 2.88 bits per heavy atom. The molecular weight excluding hydrogens is 234 g/mol. The summed E-state index contributed by atoms with van der Waals surface area (Å²) in [5.41, 5.74) is 0. The lowest BCUT2D eigenvalue weighted by Crippen LogP contribution is -2.30. The SMILES string of the molecule is COCCC(Nc1ccc(Cl)nn1)C(=O)O. The van der Waals surface area contributed by atoms with Crippen molar-refractivity contribution in [1.82, 2.24) is 10.2 Å². The van der Waals surface area contributed by atoms with E-state index in [1.807, 2.05) is 0 Å². The maximum Gasteiger partial charge on any atom is 0.326 e. The zero-order chi connectivity index (χ0) is 12.0. The number of carboxylic acid groups (broad SMARTS) is 1. The normalized spacial score (nSPS) is 12.1. The van der Waals surface area contributed by atoms with Gasteiger partial charge in [-0.15, -0.1) is 10.2 Å². The minimum Gasteiger partial charge on any atom is -0.480 e. The van der Waals surface area contributed by atoms with Crippen molar-refractivity contribution >= 4 is 23.4 Å². The van der Waals surface area contributed by atoms with E-state index in [4.69, 9.17) is 21.4 Å². The summed E-state index contributed by atoms with van der Waals surface area (Å²) < 4.78 is 4.82. The van der Waals surface area contributed by atoms with Crippen molar-refractivity contribution in [2.45, 2.75) is 12.5 Å². The van der Waals surface area contributed by atoms with Crippen LogP contribution in [-0.4, -0.2) is 41.0 Å². The number of ether oxygens (including phenoxy) is 1. The number of nitrogens with zero attached hydrogens (tertiary/aromatic N) is 2. The summed E-state index contributed by atoms with van der Waals surface area (Å²) in [7, 11) is 1.51. The maximum absolute atomic E-state index is 10.9. The van der Waals surface area contributed by atoms with Crippen molar-refractivity contribution < 1.29 is 14.6 Å². The summed E-state index contributed by atoms with van der Waals surface area (Å²) >= 11 is 5.56. The Balaban J connectivity index is 2.60. The second kappa shape index (κ2) is 6.24. The number of hydrogen-bond donors (Lipinski definition) is 2. The van der Waals surface area contributed by atoms with E-state index in [9.17, 15) is 4.79 Å². The molecule has 0 aliphatic carbocycles. The number of anilines is 1. The molecule has 0 aromatic carbocycles. The van der Waals surface area contributed by atoms with Crippen LogP contribution < -0.4 is 5.32 Å². The van der Waals surface area contributed by atoms with Crippen LogP contribution in [0, 0.1) is 0 Å². The highest BCUT2D eigenvalue weighted by atomic mass is 35.5. The van der Waals surface area contributed by atoms with E-state index in [1.54, 1.807) is 6.07 Å². The van der Waals surface area contributed by atoms with E-state index < -0.39 is 12.0 Å². The summed E-state index contributed by atoms with van der Waals surface area (Å²) in [5.74, 6) is -0.596. The molecule has 88 valence electrons. The van der Waals surface area contributed by atoms with Gasteiger partial charge in [0.2, 0.25) is 0 Å². The number of carboxylic acids is 1. The molecule has 0 bridgehead atoms. The van der Waals surface area contributed by atoms with Gasteiger partial charge in [-0.2, -0.15) is 0 Å². The van der Waals surface area contributed by atoms with Gasteiger partial charge in [-0.25, -0.2) is 4.79 Å². The minimum atomic E-state index is -0.964. The molecule has 6 nitrogen and oxygen atoms in total. The fraction of sp³-hybridized carbons (Fsp3) is 0.444. The largest absolute Gasteiger partial charge is 0.480 e. The zero-order valence-electron chi connectivity index (χ0n) is 8.68. The number of aliphatic carboxylic acids is 1. The van der Waals surface area contributed by atoms with Crippen LogP contribution in [0.25, 0.3) is 0 Å². The highest BCUT2D eigenvalue weighted by molar-refractivity contribution is 6.29. The summed E-state index contributed by atoms with van der Waals surface area (Å²) in [5, 5.41) is 19.2. The lowest BCUT2D eigenvalue weighted by Gasteiger charge is -2.13. The van der Waals surface area contributed by atoms with Crippen molar-refractivity contribution in [2.24, 2.45) is 0 Å². The van der Waals surface area contributed by atoms with Gasteiger partial charge in [-0.3, -0.25) is 0 Å². The van der Waals surface area contributed by atoms with Gasteiger partial charge in [0, 0.05) is 20.1 Å². The van der Waals surface area contributed by atoms with Gasteiger partial charge in [-0.05, 0) is 12.1 Å². The lowest BCUT2D eigenvalue weighted by atomic mass is 10.2. The lowest BCUT2D eigenvalue weighted by molar-refractivity contribution is -0.138. The molecule has 1 atom stereocenters. The first kappa shape index (κ1) is 12.7. The van der Waals surface area contributed by atoms with Gasteiger partial charge in [0.25, 0.3) is 0 Å². The summed E-state index contributed by atoms with van der Waals surface area (Å²) in [6.07, 6.45) is 0.343. The van der Waals surface area contributed by atoms with Crippen LogP contribution in [0.15, 0.2) is 12.1 Å². The second-order valence-corrected chi connectivity index (χ2v) is 3.45. The Hall–Kier alpha value is -1.40.